The van der Waals surface area contributed by atoms with Gasteiger partial charge in [0, 0.05) is 15.6 Å². The number of carbonyl (C=O) groups excluding carboxylic acids is 1. The number of nitrogens with zero attached hydrogens (tertiary/aromatic N) is 1. The van der Waals surface area contributed by atoms with Crippen LogP contribution in [0, 0.1) is 0 Å². The summed E-state index contributed by atoms with van der Waals surface area (Å²) in [7, 11) is 0. The minimum Gasteiger partial charge on any atom is -0.506 e. The third kappa shape index (κ3) is 3.75. The minimum absolute atomic E-state index is 0.0708. The Balaban J connectivity index is 1.81. The molecule has 5 nitrogen and oxygen atoms in total. The molecule has 0 unspecified atom stereocenters. The number of aromatic nitrogens is 1. The van der Waals surface area contributed by atoms with Gasteiger partial charge in [0.2, 0.25) is 0 Å². The summed E-state index contributed by atoms with van der Waals surface area (Å²) in [5.41, 5.74) is 3.79. The second-order valence-corrected chi connectivity index (χ2v) is 9.80. The molecule has 0 radical (unpaired) electrons. The number of amides is 2. The lowest BCUT2D eigenvalue weighted by molar-refractivity contribution is 0.242. The van der Waals surface area contributed by atoms with Crippen molar-refractivity contribution in [3.8, 4) is 5.75 Å². The van der Waals surface area contributed by atoms with E-state index in [1.807, 2.05) is 60.7 Å². The molecule has 0 fully saturated rings. The van der Waals surface area contributed by atoms with Crippen LogP contribution in [0.3, 0.4) is 0 Å². The smallest absolute Gasteiger partial charge is 0.320 e. The van der Waals surface area contributed by atoms with Gasteiger partial charge in [0.05, 0.1) is 26.4 Å². The van der Waals surface area contributed by atoms with E-state index in [9.17, 15) is 9.90 Å². The van der Waals surface area contributed by atoms with Gasteiger partial charge in [-0.05, 0) is 45.8 Å². The lowest BCUT2D eigenvalue weighted by Gasteiger charge is -2.30. The number of carbonyl (C=O) groups is 1. The van der Waals surface area contributed by atoms with Crippen molar-refractivity contribution in [3.63, 3.8) is 0 Å². The van der Waals surface area contributed by atoms with Gasteiger partial charge < -0.3 is 15.7 Å². The van der Waals surface area contributed by atoms with E-state index in [-0.39, 0.29) is 11.8 Å². The number of aromatic hydroxyl groups is 1. The normalized spacial score (nSPS) is 16.3. The lowest BCUT2D eigenvalue weighted by atomic mass is 9.92. The van der Waals surface area contributed by atoms with Crippen molar-refractivity contribution in [2.45, 2.75) is 6.04 Å². The molecule has 1 aliphatic rings. The van der Waals surface area contributed by atoms with Crippen molar-refractivity contribution in [2.75, 3.05) is 0 Å². The Bertz CT molecular complexity index is 1320. The van der Waals surface area contributed by atoms with E-state index in [1.165, 1.54) is 0 Å². The maximum atomic E-state index is 12.7. The van der Waals surface area contributed by atoms with Crippen molar-refractivity contribution in [1.29, 1.82) is 0 Å². The Morgan fingerprint density at radius 1 is 1.00 bits per heavy atom. The first kappa shape index (κ1) is 20.2. The molecule has 2 heterocycles. The van der Waals surface area contributed by atoms with Gasteiger partial charge in [-0.2, -0.15) is 0 Å². The molecule has 154 valence electrons. The zero-order valence-corrected chi connectivity index (χ0v) is 19.9. The number of rotatable bonds is 3. The second-order valence-electron chi connectivity index (χ2n) is 7.00. The highest BCUT2D eigenvalue weighted by atomic mass is 79.9. The van der Waals surface area contributed by atoms with E-state index >= 15 is 0 Å². The van der Waals surface area contributed by atoms with Gasteiger partial charge in [-0.25, -0.2) is 9.78 Å². The van der Waals surface area contributed by atoms with Crippen molar-refractivity contribution in [1.82, 2.24) is 15.6 Å². The van der Waals surface area contributed by atoms with Crippen LogP contribution in [0.15, 0.2) is 75.7 Å². The molecule has 3 N–H and O–H groups in total. The van der Waals surface area contributed by atoms with Crippen LogP contribution >= 0.6 is 43.2 Å². The van der Waals surface area contributed by atoms with Gasteiger partial charge in [-0.15, -0.1) is 11.3 Å². The van der Waals surface area contributed by atoms with Crippen LogP contribution < -0.4 is 10.6 Å². The van der Waals surface area contributed by atoms with E-state index in [2.05, 4.69) is 42.5 Å². The van der Waals surface area contributed by atoms with Gasteiger partial charge in [-0.3, -0.25) is 0 Å². The first-order chi connectivity index (χ1) is 15.0. The Morgan fingerprint density at radius 2 is 1.74 bits per heavy atom. The third-order valence-corrected chi connectivity index (χ3v) is 7.16. The highest BCUT2D eigenvalue weighted by Gasteiger charge is 2.34. The molecule has 1 aliphatic heterocycles. The molecule has 4 aromatic rings. The van der Waals surface area contributed by atoms with Crippen LogP contribution in [-0.2, 0) is 0 Å². The summed E-state index contributed by atoms with van der Waals surface area (Å²) in [6.45, 7) is 0. The highest BCUT2D eigenvalue weighted by Crippen LogP contribution is 2.45. The molecule has 1 aromatic heterocycles. The van der Waals surface area contributed by atoms with Crippen molar-refractivity contribution in [3.05, 3.63) is 91.8 Å². The zero-order valence-electron chi connectivity index (χ0n) is 15.9. The molecule has 2 amide bonds. The number of urea groups is 1. The van der Waals surface area contributed by atoms with Crippen molar-refractivity contribution >= 4 is 70.7 Å². The number of phenols is 1. The van der Waals surface area contributed by atoms with E-state index in [0.717, 1.165) is 30.8 Å². The predicted molar refractivity (Wildman–Crippen MR) is 131 cm³/mol. The fourth-order valence-electron chi connectivity index (χ4n) is 3.65. The van der Waals surface area contributed by atoms with Crippen molar-refractivity contribution in [2.24, 2.45) is 0 Å². The standard InChI is InChI=1S/C23H15Br2N3O2S/c24-13-10-14(21(29)15(25)11-13)20-18(22-26-16-8-4-5-9-17(16)31-22)19(27-23(30)28-20)12-6-2-1-3-7-12/h1-11,20,29H,(H2,27,28,30)/t20-/m0/s1. The molecule has 0 aliphatic carbocycles. The summed E-state index contributed by atoms with van der Waals surface area (Å²) in [6, 6.07) is 20.2. The monoisotopic (exact) mass is 555 g/mol. The van der Waals surface area contributed by atoms with Crippen molar-refractivity contribution < 1.29 is 9.90 Å². The van der Waals surface area contributed by atoms with Crippen LogP contribution in [0.1, 0.15) is 22.2 Å². The summed E-state index contributed by atoms with van der Waals surface area (Å²) in [6.07, 6.45) is 0. The average Bonchev–Trinajstić information content (AvgIpc) is 3.20. The zero-order chi connectivity index (χ0) is 21.5. The summed E-state index contributed by atoms with van der Waals surface area (Å²) < 4.78 is 2.37. The van der Waals surface area contributed by atoms with Crippen LogP contribution in [-0.4, -0.2) is 16.1 Å². The summed E-state index contributed by atoms with van der Waals surface area (Å²) in [4.78, 5) is 17.5. The molecule has 0 spiro atoms. The van der Waals surface area contributed by atoms with Gasteiger partial charge in [0.25, 0.3) is 0 Å². The predicted octanol–water partition coefficient (Wildman–Crippen LogP) is 6.45. The summed E-state index contributed by atoms with van der Waals surface area (Å²) >= 11 is 8.45. The number of hydrogen-bond acceptors (Lipinski definition) is 4. The fourth-order valence-corrected chi connectivity index (χ4v) is 5.96. The van der Waals surface area contributed by atoms with Gasteiger partial charge in [-0.1, -0.05) is 58.4 Å². The van der Waals surface area contributed by atoms with Gasteiger partial charge in [0.15, 0.2) is 0 Å². The topological polar surface area (TPSA) is 74.2 Å². The first-order valence-electron chi connectivity index (χ1n) is 9.42. The molecule has 0 saturated heterocycles. The van der Waals surface area contributed by atoms with Crippen LogP contribution in [0.25, 0.3) is 21.5 Å². The van der Waals surface area contributed by atoms with Gasteiger partial charge >= 0.3 is 6.03 Å². The number of fused-ring (bicyclic) bond motifs is 1. The SMILES string of the molecule is O=C1NC(c2ccccc2)=C(c2nc3ccccc3s2)[C@H](c2cc(Br)cc(Br)c2O)N1. The summed E-state index contributed by atoms with van der Waals surface area (Å²) in [5.74, 6) is 0.0708. The molecule has 1 atom stereocenters. The summed E-state index contributed by atoms with van der Waals surface area (Å²) in [5, 5.41) is 17.6. The molecular weight excluding hydrogens is 542 g/mol. The molecule has 8 heteroatoms. The number of hydrogen-bond donors (Lipinski definition) is 3. The van der Waals surface area contributed by atoms with Crippen LogP contribution in [0.5, 0.6) is 5.75 Å². The quantitative estimate of drug-likeness (QED) is 0.271. The maximum absolute atomic E-state index is 12.7. The Hall–Kier alpha value is -2.68. The maximum Gasteiger partial charge on any atom is 0.320 e. The number of thiazole rings is 1. The van der Waals surface area contributed by atoms with Crippen LogP contribution in [0.2, 0.25) is 0 Å². The third-order valence-electron chi connectivity index (χ3n) is 5.03. The minimum atomic E-state index is -0.599. The highest BCUT2D eigenvalue weighted by molar-refractivity contribution is 9.11. The molecule has 31 heavy (non-hydrogen) atoms. The molecular formula is C23H15Br2N3O2S. The Kier molecular flexibility index (Phi) is 5.29. The Morgan fingerprint density at radius 3 is 2.52 bits per heavy atom. The number of halogens is 2. The lowest BCUT2D eigenvalue weighted by Crippen LogP contribution is -2.43. The molecule has 5 rings (SSSR count). The number of benzene rings is 3. The van der Waals surface area contributed by atoms with E-state index in [4.69, 9.17) is 4.98 Å². The van der Waals surface area contributed by atoms with Crippen LogP contribution in [0.4, 0.5) is 4.79 Å². The average molecular weight is 557 g/mol. The van der Waals surface area contributed by atoms with E-state index in [0.29, 0.717) is 15.7 Å². The first-order valence-corrected chi connectivity index (χ1v) is 11.8. The van der Waals surface area contributed by atoms with Gasteiger partial charge in [0.1, 0.15) is 10.8 Å². The number of phenolic OH excluding ortho intramolecular Hbond substituents is 1. The number of para-hydroxylation sites is 1. The second kappa shape index (κ2) is 8.11. The van der Waals surface area contributed by atoms with E-state index in [1.54, 1.807) is 17.4 Å². The van der Waals surface area contributed by atoms with E-state index < -0.39 is 6.04 Å². The Labute approximate surface area is 199 Å². The number of nitrogens with one attached hydrogen (secondary N) is 2. The largest absolute Gasteiger partial charge is 0.506 e. The molecule has 3 aromatic carbocycles. The fraction of sp³-hybridized carbons (Fsp3) is 0.0435. The molecule has 0 bridgehead atoms. The molecule has 0 saturated carbocycles.